The lowest BCUT2D eigenvalue weighted by Crippen LogP contribution is -2.37. The number of nitrogens with one attached hydrogen (secondary N) is 2. The molecule has 0 saturated carbocycles. The third-order valence-corrected chi connectivity index (χ3v) is 3.22. The highest BCUT2D eigenvalue weighted by Gasteiger charge is 2.13. The Kier molecular flexibility index (Phi) is 6.22. The molecule has 0 aromatic carbocycles. The largest absolute Gasteiger partial charge is 0.317 e. The molecule has 0 aromatic heterocycles. The summed E-state index contributed by atoms with van der Waals surface area (Å²) in [6.07, 6.45) is 3.93. The molecule has 0 aromatic rings. The first-order valence-corrected chi connectivity index (χ1v) is 6.27. The minimum Gasteiger partial charge on any atom is -0.317 e. The third kappa shape index (κ3) is 6.13. The monoisotopic (exact) mass is 213 g/mol. The van der Waals surface area contributed by atoms with Gasteiger partial charge in [0.2, 0.25) is 0 Å². The Morgan fingerprint density at radius 1 is 1.33 bits per heavy atom. The molecule has 0 spiro atoms. The molecule has 1 heterocycles. The maximum atomic E-state index is 3.65. The van der Waals surface area contributed by atoms with Crippen LogP contribution in [0.5, 0.6) is 0 Å². The van der Waals surface area contributed by atoms with Crippen LogP contribution in [0.15, 0.2) is 0 Å². The molecule has 2 N–H and O–H groups in total. The van der Waals surface area contributed by atoms with E-state index in [1.165, 1.54) is 45.4 Å². The van der Waals surface area contributed by atoms with Crippen molar-refractivity contribution in [1.29, 1.82) is 0 Å². The number of hydrogen-bond acceptors (Lipinski definition) is 3. The number of rotatable bonds is 6. The molecule has 0 amide bonds. The van der Waals surface area contributed by atoms with Gasteiger partial charge in [-0.25, -0.2) is 0 Å². The fraction of sp³-hybridized carbons (Fsp3) is 1.00. The van der Waals surface area contributed by atoms with Crippen molar-refractivity contribution < 1.29 is 0 Å². The van der Waals surface area contributed by atoms with E-state index in [-0.39, 0.29) is 0 Å². The molecule has 1 aliphatic heterocycles. The first kappa shape index (κ1) is 12.9. The second-order valence-electron chi connectivity index (χ2n) is 5.09. The van der Waals surface area contributed by atoms with Crippen LogP contribution in [0.3, 0.4) is 0 Å². The van der Waals surface area contributed by atoms with Crippen LogP contribution in [0.4, 0.5) is 0 Å². The Morgan fingerprint density at radius 2 is 2.00 bits per heavy atom. The molecule has 3 heteroatoms. The molecule has 1 atom stereocenters. The third-order valence-electron chi connectivity index (χ3n) is 3.22. The van der Waals surface area contributed by atoms with Crippen LogP contribution in [-0.2, 0) is 0 Å². The molecule has 3 nitrogen and oxygen atoms in total. The molecule has 1 fully saturated rings. The number of piperidine rings is 1. The maximum Gasteiger partial charge on any atom is 0.00510 e. The molecule has 1 unspecified atom stereocenters. The molecule has 15 heavy (non-hydrogen) atoms. The van der Waals surface area contributed by atoms with E-state index in [0.29, 0.717) is 6.04 Å². The fourth-order valence-corrected chi connectivity index (χ4v) is 2.01. The zero-order valence-corrected chi connectivity index (χ0v) is 10.6. The van der Waals surface area contributed by atoms with Crippen LogP contribution in [0.2, 0.25) is 0 Å². The molecule has 0 radical (unpaired) electrons. The lowest BCUT2D eigenvalue weighted by molar-refractivity contribution is 0.322. The van der Waals surface area contributed by atoms with Crippen molar-refractivity contribution in [2.24, 2.45) is 5.92 Å². The summed E-state index contributed by atoms with van der Waals surface area (Å²) in [6, 6.07) is 0.655. The van der Waals surface area contributed by atoms with Crippen molar-refractivity contribution >= 4 is 0 Å². The second kappa shape index (κ2) is 7.20. The Hall–Kier alpha value is -0.120. The van der Waals surface area contributed by atoms with Gasteiger partial charge in [0.15, 0.2) is 0 Å². The van der Waals surface area contributed by atoms with Crippen LogP contribution in [-0.4, -0.2) is 51.2 Å². The van der Waals surface area contributed by atoms with Gasteiger partial charge in [0.1, 0.15) is 0 Å². The van der Waals surface area contributed by atoms with E-state index in [9.17, 15) is 0 Å². The summed E-state index contributed by atoms with van der Waals surface area (Å²) in [5, 5.41) is 7.06. The molecule has 1 aliphatic rings. The second-order valence-corrected chi connectivity index (χ2v) is 5.09. The van der Waals surface area contributed by atoms with Crippen molar-refractivity contribution in [1.82, 2.24) is 15.5 Å². The average Bonchev–Trinajstić information content (AvgIpc) is 2.25. The first-order chi connectivity index (χ1) is 7.18. The zero-order chi connectivity index (χ0) is 11.1. The zero-order valence-electron chi connectivity index (χ0n) is 10.6. The SMILES string of the molecule is CC(CCN(C)C)NCC1CCNCC1. The summed E-state index contributed by atoms with van der Waals surface area (Å²) < 4.78 is 0. The van der Waals surface area contributed by atoms with Gasteiger partial charge in [0, 0.05) is 6.04 Å². The lowest BCUT2D eigenvalue weighted by atomic mass is 9.98. The summed E-state index contributed by atoms with van der Waals surface area (Å²) in [6.45, 7) is 7.10. The van der Waals surface area contributed by atoms with Gasteiger partial charge < -0.3 is 15.5 Å². The summed E-state index contributed by atoms with van der Waals surface area (Å²) in [5.74, 6) is 0.896. The highest BCUT2D eigenvalue weighted by Crippen LogP contribution is 2.10. The molecule has 0 bridgehead atoms. The van der Waals surface area contributed by atoms with Crippen LogP contribution in [0.1, 0.15) is 26.2 Å². The van der Waals surface area contributed by atoms with Gasteiger partial charge >= 0.3 is 0 Å². The molecule has 90 valence electrons. The van der Waals surface area contributed by atoms with E-state index >= 15 is 0 Å². The summed E-state index contributed by atoms with van der Waals surface area (Å²) in [5.41, 5.74) is 0. The number of nitrogens with zero attached hydrogens (tertiary/aromatic N) is 1. The van der Waals surface area contributed by atoms with E-state index in [4.69, 9.17) is 0 Å². The minimum atomic E-state index is 0.655. The predicted molar refractivity (Wildman–Crippen MR) is 66.2 cm³/mol. The average molecular weight is 213 g/mol. The van der Waals surface area contributed by atoms with Crippen LogP contribution >= 0.6 is 0 Å². The Bertz CT molecular complexity index is 153. The van der Waals surface area contributed by atoms with Gasteiger partial charge in [-0.3, -0.25) is 0 Å². The molecular weight excluding hydrogens is 186 g/mol. The Balaban J connectivity index is 2.02. The topological polar surface area (TPSA) is 27.3 Å². The van der Waals surface area contributed by atoms with Crippen LogP contribution < -0.4 is 10.6 Å². The summed E-state index contributed by atoms with van der Waals surface area (Å²) in [4.78, 5) is 2.25. The predicted octanol–water partition coefficient (Wildman–Crippen LogP) is 0.916. The molecule has 1 rings (SSSR count). The Morgan fingerprint density at radius 3 is 2.60 bits per heavy atom. The normalized spacial score (nSPS) is 20.8. The van der Waals surface area contributed by atoms with Gasteiger partial charge in [-0.2, -0.15) is 0 Å². The van der Waals surface area contributed by atoms with E-state index in [0.717, 1.165) is 5.92 Å². The maximum absolute atomic E-state index is 3.65. The van der Waals surface area contributed by atoms with E-state index in [2.05, 4.69) is 36.6 Å². The van der Waals surface area contributed by atoms with Gasteiger partial charge in [-0.15, -0.1) is 0 Å². The highest BCUT2D eigenvalue weighted by molar-refractivity contribution is 4.72. The van der Waals surface area contributed by atoms with Gasteiger partial charge in [-0.05, 0) is 72.4 Å². The van der Waals surface area contributed by atoms with Crippen molar-refractivity contribution in [3.63, 3.8) is 0 Å². The Labute approximate surface area is 94.6 Å². The van der Waals surface area contributed by atoms with E-state index in [1.807, 2.05) is 0 Å². The van der Waals surface area contributed by atoms with Crippen LogP contribution in [0, 0.1) is 5.92 Å². The minimum absolute atomic E-state index is 0.655. The van der Waals surface area contributed by atoms with Crippen molar-refractivity contribution in [2.75, 3.05) is 40.3 Å². The first-order valence-electron chi connectivity index (χ1n) is 6.27. The fourth-order valence-electron chi connectivity index (χ4n) is 2.01. The summed E-state index contributed by atoms with van der Waals surface area (Å²) in [7, 11) is 4.28. The smallest absolute Gasteiger partial charge is 0.00510 e. The van der Waals surface area contributed by atoms with Crippen molar-refractivity contribution in [2.45, 2.75) is 32.2 Å². The van der Waals surface area contributed by atoms with Crippen molar-refractivity contribution in [3.05, 3.63) is 0 Å². The van der Waals surface area contributed by atoms with Crippen LogP contribution in [0.25, 0.3) is 0 Å². The molecule has 1 saturated heterocycles. The van der Waals surface area contributed by atoms with Gasteiger partial charge in [-0.1, -0.05) is 0 Å². The van der Waals surface area contributed by atoms with Gasteiger partial charge in [0.25, 0.3) is 0 Å². The highest BCUT2D eigenvalue weighted by atomic mass is 15.1. The number of hydrogen-bond donors (Lipinski definition) is 2. The lowest BCUT2D eigenvalue weighted by Gasteiger charge is -2.25. The standard InChI is InChI=1S/C12H27N3/c1-11(6-9-15(2)3)14-10-12-4-7-13-8-5-12/h11-14H,4-10H2,1-3H3. The molecular formula is C12H27N3. The van der Waals surface area contributed by atoms with Crippen molar-refractivity contribution in [3.8, 4) is 0 Å². The quantitative estimate of drug-likeness (QED) is 0.687. The van der Waals surface area contributed by atoms with E-state index in [1.54, 1.807) is 0 Å². The molecule has 0 aliphatic carbocycles. The summed E-state index contributed by atoms with van der Waals surface area (Å²) >= 11 is 0. The van der Waals surface area contributed by atoms with E-state index < -0.39 is 0 Å². The van der Waals surface area contributed by atoms with Gasteiger partial charge in [0.05, 0.1) is 0 Å².